The van der Waals surface area contributed by atoms with Gasteiger partial charge in [0.25, 0.3) is 5.91 Å². The molecular formula is C21H29ClN2O6. The van der Waals surface area contributed by atoms with Crippen LogP contribution in [0.1, 0.15) is 62.7 Å². The van der Waals surface area contributed by atoms with Gasteiger partial charge >= 0.3 is 12.0 Å². The molecule has 0 saturated heterocycles. The first-order valence-corrected chi connectivity index (χ1v) is 10.7. The Labute approximate surface area is 181 Å². The van der Waals surface area contributed by atoms with Gasteiger partial charge in [-0.05, 0) is 38.3 Å². The Morgan fingerprint density at radius 2 is 1.83 bits per heavy atom. The van der Waals surface area contributed by atoms with Crippen LogP contribution in [-0.4, -0.2) is 43.8 Å². The number of hydrogen-bond donors (Lipinski definition) is 2. The van der Waals surface area contributed by atoms with Gasteiger partial charge in [-0.3, -0.25) is 10.1 Å². The standard InChI is InChI=1S/C21H29ClN2O6/c1-3-10-29-19-16(22)11-14(12-17(19)28-4-2)20(26)30-13-18(25)24-21(27)23-15-8-6-5-7-9-15/h11-12,15H,3-10,13H2,1-2H3,(H2,23,24,25,27). The van der Waals surface area contributed by atoms with Crippen LogP contribution in [0.15, 0.2) is 12.1 Å². The molecule has 2 rings (SSSR count). The molecule has 166 valence electrons. The highest BCUT2D eigenvalue weighted by Crippen LogP contribution is 2.37. The van der Waals surface area contributed by atoms with Crippen molar-refractivity contribution in [3.63, 3.8) is 0 Å². The van der Waals surface area contributed by atoms with Gasteiger partial charge in [-0.1, -0.05) is 37.8 Å². The average Bonchev–Trinajstić information content (AvgIpc) is 2.72. The summed E-state index contributed by atoms with van der Waals surface area (Å²) in [4.78, 5) is 36.1. The summed E-state index contributed by atoms with van der Waals surface area (Å²) < 4.78 is 16.1. The van der Waals surface area contributed by atoms with Crippen LogP contribution in [0, 0.1) is 0 Å². The molecule has 0 aliphatic heterocycles. The Kier molecular flexibility index (Phi) is 9.73. The van der Waals surface area contributed by atoms with Crippen molar-refractivity contribution < 1.29 is 28.6 Å². The second-order valence-corrected chi connectivity index (χ2v) is 7.41. The number of imide groups is 1. The summed E-state index contributed by atoms with van der Waals surface area (Å²) in [5.41, 5.74) is 0.117. The largest absolute Gasteiger partial charge is 0.490 e. The summed E-state index contributed by atoms with van der Waals surface area (Å²) in [6.07, 6.45) is 5.87. The minimum Gasteiger partial charge on any atom is -0.490 e. The fourth-order valence-corrected chi connectivity index (χ4v) is 3.40. The average molecular weight is 441 g/mol. The van der Waals surface area contributed by atoms with E-state index in [9.17, 15) is 14.4 Å². The number of esters is 1. The smallest absolute Gasteiger partial charge is 0.338 e. The summed E-state index contributed by atoms with van der Waals surface area (Å²) in [5.74, 6) is -0.797. The zero-order valence-electron chi connectivity index (χ0n) is 17.4. The van der Waals surface area contributed by atoms with Crippen LogP contribution in [0.25, 0.3) is 0 Å². The Hall–Kier alpha value is -2.48. The third-order valence-corrected chi connectivity index (χ3v) is 4.80. The molecule has 1 aliphatic carbocycles. The van der Waals surface area contributed by atoms with Crippen LogP contribution in [0.3, 0.4) is 0 Å². The van der Waals surface area contributed by atoms with Crippen molar-refractivity contribution in [3.05, 3.63) is 22.7 Å². The first kappa shape index (κ1) is 23.8. The van der Waals surface area contributed by atoms with E-state index in [4.69, 9.17) is 25.8 Å². The maximum atomic E-state index is 12.3. The van der Waals surface area contributed by atoms with Crippen LogP contribution >= 0.6 is 11.6 Å². The van der Waals surface area contributed by atoms with Crippen LogP contribution in [0.5, 0.6) is 11.5 Å². The van der Waals surface area contributed by atoms with Gasteiger partial charge < -0.3 is 19.5 Å². The molecule has 0 radical (unpaired) electrons. The topological polar surface area (TPSA) is 103 Å². The third-order valence-electron chi connectivity index (χ3n) is 4.52. The molecule has 1 aromatic carbocycles. The van der Waals surface area contributed by atoms with E-state index in [0.29, 0.717) is 24.7 Å². The summed E-state index contributed by atoms with van der Waals surface area (Å²) in [6.45, 7) is 3.97. The molecule has 0 spiro atoms. The number of amides is 3. The molecule has 1 saturated carbocycles. The summed E-state index contributed by atoms with van der Waals surface area (Å²) in [7, 11) is 0. The van der Waals surface area contributed by atoms with Crippen molar-refractivity contribution >= 4 is 29.5 Å². The lowest BCUT2D eigenvalue weighted by molar-refractivity contribution is -0.123. The lowest BCUT2D eigenvalue weighted by Crippen LogP contribution is -2.46. The van der Waals surface area contributed by atoms with Crippen molar-refractivity contribution in [1.29, 1.82) is 0 Å². The molecule has 0 bridgehead atoms. The molecule has 1 aromatic rings. The van der Waals surface area contributed by atoms with E-state index in [1.807, 2.05) is 6.92 Å². The molecule has 0 unspecified atom stereocenters. The molecule has 3 amide bonds. The molecular weight excluding hydrogens is 412 g/mol. The number of halogens is 1. The Bertz CT molecular complexity index is 749. The van der Waals surface area contributed by atoms with E-state index in [0.717, 1.165) is 38.5 Å². The summed E-state index contributed by atoms with van der Waals surface area (Å²) in [5, 5.41) is 5.14. The molecule has 0 atom stereocenters. The molecule has 8 nitrogen and oxygen atoms in total. The Morgan fingerprint density at radius 3 is 2.50 bits per heavy atom. The number of hydrogen-bond acceptors (Lipinski definition) is 6. The van der Waals surface area contributed by atoms with Gasteiger partial charge in [0.05, 0.1) is 23.8 Å². The van der Waals surface area contributed by atoms with E-state index >= 15 is 0 Å². The van der Waals surface area contributed by atoms with Gasteiger partial charge in [0.1, 0.15) is 0 Å². The maximum Gasteiger partial charge on any atom is 0.338 e. The second-order valence-electron chi connectivity index (χ2n) is 7.00. The predicted molar refractivity (Wildman–Crippen MR) is 112 cm³/mol. The highest BCUT2D eigenvalue weighted by atomic mass is 35.5. The molecule has 0 heterocycles. The molecule has 1 fully saturated rings. The van der Waals surface area contributed by atoms with Gasteiger partial charge in [-0.2, -0.15) is 0 Å². The fourth-order valence-electron chi connectivity index (χ4n) is 3.14. The monoisotopic (exact) mass is 440 g/mol. The molecule has 30 heavy (non-hydrogen) atoms. The SMILES string of the molecule is CCCOc1c(Cl)cc(C(=O)OCC(=O)NC(=O)NC2CCCCC2)cc1OCC. The van der Waals surface area contributed by atoms with Crippen LogP contribution in [-0.2, 0) is 9.53 Å². The van der Waals surface area contributed by atoms with E-state index in [-0.39, 0.29) is 16.6 Å². The lowest BCUT2D eigenvalue weighted by Gasteiger charge is -2.22. The minimum atomic E-state index is -0.761. The van der Waals surface area contributed by atoms with Gasteiger partial charge in [0, 0.05) is 6.04 Å². The quantitative estimate of drug-likeness (QED) is 0.565. The number of carbonyl (C=O) groups is 3. The fraction of sp³-hybridized carbons (Fsp3) is 0.571. The van der Waals surface area contributed by atoms with Crippen molar-refractivity contribution in [1.82, 2.24) is 10.6 Å². The van der Waals surface area contributed by atoms with Gasteiger partial charge in [0.2, 0.25) is 0 Å². The van der Waals surface area contributed by atoms with E-state index in [1.54, 1.807) is 6.92 Å². The number of rotatable bonds is 9. The predicted octanol–water partition coefficient (Wildman–Crippen LogP) is 3.84. The summed E-state index contributed by atoms with van der Waals surface area (Å²) >= 11 is 6.23. The molecule has 2 N–H and O–H groups in total. The zero-order valence-corrected chi connectivity index (χ0v) is 18.2. The summed E-state index contributed by atoms with van der Waals surface area (Å²) in [6, 6.07) is 2.34. The van der Waals surface area contributed by atoms with Crippen molar-refractivity contribution in [2.75, 3.05) is 19.8 Å². The molecule has 0 aromatic heterocycles. The third kappa shape index (κ3) is 7.40. The number of ether oxygens (including phenoxy) is 3. The first-order chi connectivity index (χ1) is 14.4. The number of nitrogens with one attached hydrogen (secondary N) is 2. The highest BCUT2D eigenvalue weighted by Gasteiger charge is 2.20. The van der Waals surface area contributed by atoms with E-state index < -0.39 is 24.5 Å². The normalized spacial score (nSPS) is 14.0. The molecule has 9 heteroatoms. The second kappa shape index (κ2) is 12.3. The lowest BCUT2D eigenvalue weighted by atomic mass is 9.96. The van der Waals surface area contributed by atoms with Crippen LogP contribution in [0.2, 0.25) is 5.02 Å². The Balaban J connectivity index is 1.89. The van der Waals surface area contributed by atoms with Gasteiger partial charge in [0.15, 0.2) is 18.1 Å². The Morgan fingerprint density at radius 1 is 1.10 bits per heavy atom. The van der Waals surface area contributed by atoms with Gasteiger partial charge in [-0.15, -0.1) is 0 Å². The van der Waals surface area contributed by atoms with Crippen LogP contribution < -0.4 is 20.1 Å². The van der Waals surface area contributed by atoms with Gasteiger partial charge in [-0.25, -0.2) is 9.59 Å². The van der Waals surface area contributed by atoms with Crippen molar-refractivity contribution in [2.45, 2.75) is 58.4 Å². The van der Waals surface area contributed by atoms with E-state index in [2.05, 4.69) is 10.6 Å². The maximum absolute atomic E-state index is 12.3. The van der Waals surface area contributed by atoms with Crippen molar-refractivity contribution in [3.8, 4) is 11.5 Å². The number of benzene rings is 1. The van der Waals surface area contributed by atoms with E-state index in [1.165, 1.54) is 12.1 Å². The highest BCUT2D eigenvalue weighted by molar-refractivity contribution is 6.32. The first-order valence-electron chi connectivity index (χ1n) is 10.3. The van der Waals surface area contributed by atoms with Crippen molar-refractivity contribution in [2.24, 2.45) is 0 Å². The zero-order chi connectivity index (χ0) is 21.9. The van der Waals surface area contributed by atoms with Crippen LogP contribution in [0.4, 0.5) is 4.79 Å². The number of carbonyl (C=O) groups excluding carboxylic acids is 3. The number of urea groups is 1. The minimum absolute atomic E-state index is 0.0710. The molecule has 1 aliphatic rings.